The fraction of sp³-hybridized carbons (Fsp3) is 0.333. The van der Waals surface area contributed by atoms with Crippen LogP contribution in [0.2, 0.25) is 0 Å². The van der Waals surface area contributed by atoms with E-state index in [0.29, 0.717) is 30.3 Å². The number of nitrogens with two attached hydrogens (primary N) is 3. The number of benzene rings is 1. The van der Waals surface area contributed by atoms with Gasteiger partial charge in [0.2, 0.25) is 17.7 Å². The van der Waals surface area contributed by atoms with Crippen molar-refractivity contribution in [2.24, 2.45) is 17.2 Å². The van der Waals surface area contributed by atoms with Crippen molar-refractivity contribution in [3.05, 3.63) is 52.7 Å². The number of primary amides is 3. The molecule has 3 amide bonds. The molecule has 1 aromatic heterocycles. The summed E-state index contributed by atoms with van der Waals surface area (Å²) in [6, 6.07) is 8.92. The predicted octanol–water partition coefficient (Wildman–Crippen LogP) is 0.624. The van der Waals surface area contributed by atoms with Gasteiger partial charge in [0.15, 0.2) is 0 Å². The number of pyridine rings is 1. The van der Waals surface area contributed by atoms with Gasteiger partial charge in [-0.3, -0.25) is 19.3 Å². The second-order valence-corrected chi connectivity index (χ2v) is 7.25. The average Bonchev–Trinajstić information content (AvgIpc) is 2.70. The van der Waals surface area contributed by atoms with Gasteiger partial charge in [-0.25, -0.2) is 4.98 Å². The number of rotatable bonds is 9. The third-order valence-corrected chi connectivity index (χ3v) is 4.99. The lowest BCUT2D eigenvalue weighted by Crippen LogP contribution is -2.33. The van der Waals surface area contributed by atoms with Crippen LogP contribution >= 0.6 is 0 Å². The zero-order valence-corrected chi connectivity index (χ0v) is 16.6. The molecule has 3 rings (SSSR count). The van der Waals surface area contributed by atoms with Crippen LogP contribution in [0, 0.1) is 0 Å². The van der Waals surface area contributed by atoms with Gasteiger partial charge in [-0.15, -0.1) is 0 Å². The molecule has 1 aliphatic heterocycles. The minimum absolute atomic E-state index is 0.0574. The quantitative estimate of drug-likeness (QED) is 0.549. The number of carbonyl (C=O) groups is 3. The van der Waals surface area contributed by atoms with Crippen molar-refractivity contribution >= 4 is 17.7 Å². The molecule has 30 heavy (non-hydrogen) atoms. The molecule has 0 unspecified atom stereocenters. The molecule has 1 aliphatic rings. The minimum Gasteiger partial charge on any atom is -0.439 e. The van der Waals surface area contributed by atoms with Gasteiger partial charge in [0.1, 0.15) is 5.75 Å². The fourth-order valence-electron chi connectivity index (χ4n) is 3.43. The maximum absolute atomic E-state index is 11.6. The number of nitrogens with zero attached hydrogens (tertiary/aromatic N) is 2. The van der Waals surface area contributed by atoms with E-state index < -0.39 is 11.8 Å². The van der Waals surface area contributed by atoms with Crippen LogP contribution in [0.3, 0.4) is 0 Å². The number of ether oxygens (including phenoxy) is 1. The highest BCUT2D eigenvalue weighted by Gasteiger charge is 2.18. The van der Waals surface area contributed by atoms with Crippen molar-refractivity contribution in [1.82, 2.24) is 9.88 Å². The Morgan fingerprint density at radius 1 is 1.00 bits per heavy atom. The summed E-state index contributed by atoms with van der Waals surface area (Å²) in [5, 5.41) is 0. The fourth-order valence-corrected chi connectivity index (χ4v) is 3.43. The zero-order chi connectivity index (χ0) is 21.7. The van der Waals surface area contributed by atoms with E-state index >= 15 is 0 Å². The van der Waals surface area contributed by atoms with Gasteiger partial charge in [0.25, 0.3) is 5.91 Å². The van der Waals surface area contributed by atoms with Crippen LogP contribution in [-0.2, 0) is 29.0 Å². The SMILES string of the molecule is NC(=O)CCc1nc(Oc2ccc3c(c2)CCN(CCC(N)=O)C3)ccc1C(N)=O. The lowest BCUT2D eigenvalue weighted by Gasteiger charge is -2.28. The summed E-state index contributed by atoms with van der Waals surface area (Å²) in [6.45, 7) is 2.25. The molecule has 6 N–H and O–H groups in total. The first kappa shape index (κ1) is 21.3. The van der Waals surface area contributed by atoms with E-state index in [-0.39, 0.29) is 24.3 Å². The Kier molecular flexibility index (Phi) is 6.63. The first-order valence-corrected chi connectivity index (χ1v) is 9.70. The molecule has 0 aliphatic carbocycles. The maximum Gasteiger partial charge on any atom is 0.250 e. The lowest BCUT2D eigenvalue weighted by atomic mass is 9.99. The highest BCUT2D eigenvalue weighted by Crippen LogP contribution is 2.27. The normalized spacial score (nSPS) is 13.5. The number of aryl methyl sites for hydroxylation is 1. The Morgan fingerprint density at radius 2 is 1.77 bits per heavy atom. The number of carbonyl (C=O) groups excluding carboxylic acids is 3. The molecule has 0 spiro atoms. The molecule has 9 nitrogen and oxygen atoms in total. The van der Waals surface area contributed by atoms with E-state index in [1.54, 1.807) is 6.07 Å². The highest BCUT2D eigenvalue weighted by atomic mass is 16.5. The molecule has 0 atom stereocenters. The van der Waals surface area contributed by atoms with Crippen LogP contribution in [0.4, 0.5) is 0 Å². The van der Waals surface area contributed by atoms with Crippen LogP contribution in [0.1, 0.15) is 40.0 Å². The van der Waals surface area contributed by atoms with E-state index in [1.165, 1.54) is 17.2 Å². The van der Waals surface area contributed by atoms with Crippen molar-refractivity contribution in [1.29, 1.82) is 0 Å². The summed E-state index contributed by atoms with van der Waals surface area (Å²) < 4.78 is 5.88. The monoisotopic (exact) mass is 411 g/mol. The van der Waals surface area contributed by atoms with Gasteiger partial charge in [-0.2, -0.15) is 0 Å². The predicted molar refractivity (Wildman–Crippen MR) is 110 cm³/mol. The Morgan fingerprint density at radius 3 is 2.47 bits per heavy atom. The van der Waals surface area contributed by atoms with Crippen molar-refractivity contribution < 1.29 is 19.1 Å². The van der Waals surface area contributed by atoms with Crippen LogP contribution < -0.4 is 21.9 Å². The van der Waals surface area contributed by atoms with Crippen molar-refractivity contribution in [2.75, 3.05) is 13.1 Å². The topological polar surface area (TPSA) is 155 Å². The van der Waals surface area contributed by atoms with E-state index in [4.69, 9.17) is 21.9 Å². The van der Waals surface area contributed by atoms with E-state index in [1.807, 2.05) is 18.2 Å². The number of amides is 3. The molecule has 2 aromatic rings. The Bertz CT molecular complexity index is 976. The van der Waals surface area contributed by atoms with Gasteiger partial charge in [-0.05, 0) is 42.2 Å². The molecule has 0 radical (unpaired) electrons. The number of fused-ring (bicyclic) bond motifs is 1. The number of hydrogen-bond acceptors (Lipinski definition) is 6. The molecule has 1 aromatic carbocycles. The van der Waals surface area contributed by atoms with Crippen LogP contribution in [0.25, 0.3) is 0 Å². The first-order chi connectivity index (χ1) is 14.3. The molecule has 0 saturated carbocycles. The number of hydrogen-bond donors (Lipinski definition) is 3. The standard InChI is InChI=1S/C21H25N5O4/c22-18(27)5-4-17-16(21(24)29)3-6-20(25-17)30-15-2-1-14-12-26(10-8-19(23)28)9-7-13(14)11-15/h1-3,6,11H,4-5,7-10,12H2,(H2,22,27)(H2,23,28)(H2,24,29). The molecule has 0 saturated heterocycles. The highest BCUT2D eigenvalue weighted by molar-refractivity contribution is 5.94. The summed E-state index contributed by atoms with van der Waals surface area (Å²) in [4.78, 5) is 40.2. The molecule has 158 valence electrons. The van der Waals surface area contributed by atoms with Gasteiger partial charge in [-0.1, -0.05) is 6.07 Å². The first-order valence-electron chi connectivity index (χ1n) is 9.70. The maximum atomic E-state index is 11.6. The summed E-state index contributed by atoms with van der Waals surface area (Å²) in [6.07, 6.45) is 1.45. The van der Waals surface area contributed by atoms with Crippen LogP contribution in [-0.4, -0.2) is 40.7 Å². The van der Waals surface area contributed by atoms with Crippen molar-refractivity contribution in [2.45, 2.75) is 32.2 Å². The van der Waals surface area contributed by atoms with Crippen molar-refractivity contribution in [3.8, 4) is 11.6 Å². The summed E-state index contributed by atoms with van der Waals surface area (Å²) >= 11 is 0. The van der Waals surface area contributed by atoms with Gasteiger partial charge < -0.3 is 21.9 Å². The largest absolute Gasteiger partial charge is 0.439 e. The minimum atomic E-state index is -0.622. The van der Waals surface area contributed by atoms with E-state index in [9.17, 15) is 14.4 Å². The molecule has 2 heterocycles. The molecular weight excluding hydrogens is 386 g/mol. The van der Waals surface area contributed by atoms with Gasteiger partial charge >= 0.3 is 0 Å². The zero-order valence-electron chi connectivity index (χ0n) is 16.6. The Labute approximate surface area is 174 Å². The average molecular weight is 411 g/mol. The smallest absolute Gasteiger partial charge is 0.250 e. The molecule has 0 bridgehead atoms. The number of aromatic nitrogens is 1. The second-order valence-electron chi connectivity index (χ2n) is 7.25. The third kappa shape index (κ3) is 5.54. The van der Waals surface area contributed by atoms with Gasteiger partial charge in [0.05, 0.1) is 11.3 Å². The lowest BCUT2D eigenvalue weighted by molar-refractivity contribution is -0.119. The van der Waals surface area contributed by atoms with E-state index in [2.05, 4.69) is 9.88 Å². The molecule has 9 heteroatoms. The Hall–Kier alpha value is -3.46. The van der Waals surface area contributed by atoms with E-state index in [0.717, 1.165) is 19.5 Å². The summed E-state index contributed by atoms with van der Waals surface area (Å²) in [5.41, 5.74) is 18.8. The van der Waals surface area contributed by atoms with Crippen LogP contribution in [0.5, 0.6) is 11.6 Å². The summed E-state index contributed by atoms with van der Waals surface area (Å²) in [7, 11) is 0. The molecular formula is C21H25N5O4. The Balaban J connectivity index is 1.72. The second kappa shape index (κ2) is 9.36. The third-order valence-electron chi connectivity index (χ3n) is 4.99. The van der Waals surface area contributed by atoms with Crippen LogP contribution in [0.15, 0.2) is 30.3 Å². The molecule has 0 fully saturated rings. The van der Waals surface area contributed by atoms with Gasteiger partial charge in [0, 0.05) is 38.5 Å². The van der Waals surface area contributed by atoms with Crippen molar-refractivity contribution in [3.63, 3.8) is 0 Å². The summed E-state index contributed by atoms with van der Waals surface area (Å²) in [5.74, 6) is -0.478.